The van der Waals surface area contributed by atoms with E-state index in [0.29, 0.717) is 36.6 Å². The number of ether oxygens (including phenoxy) is 2. The second-order valence-electron chi connectivity index (χ2n) is 7.24. The predicted octanol–water partition coefficient (Wildman–Crippen LogP) is 1.71. The van der Waals surface area contributed by atoms with E-state index in [1.807, 2.05) is 25.4 Å². The lowest BCUT2D eigenvalue weighted by atomic mass is 10.2. The van der Waals surface area contributed by atoms with Gasteiger partial charge < -0.3 is 14.8 Å². The largest absolute Gasteiger partial charge is 0.495 e. The van der Waals surface area contributed by atoms with Crippen LogP contribution in [0.15, 0.2) is 41.6 Å². The molecule has 2 unspecified atom stereocenters. The summed E-state index contributed by atoms with van der Waals surface area (Å²) in [4.78, 5) is 16.8. The van der Waals surface area contributed by atoms with E-state index in [-0.39, 0.29) is 5.56 Å². The van der Waals surface area contributed by atoms with Crippen molar-refractivity contribution in [3.05, 3.63) is 58.4 Å². The van der Waals surface area contributed by atoms with E-state index in [1.165, 1.54) is 4.68 Å². The van der Waals surface area contributed by atoms with E-state index >= 15 is 0 Å². The lowest BCUT2D eigenvalue weighted by molar-refractivity contribution is 0.278. The van der Waals surface area contributed by atoms with Gasteiger partial charge in [-0.3, -0.25) is 14.5 Å². The standard InChI is InChI=1S/C20H24N6O3/c1-25-11-13(9-23-25)8-21-18-7-19(24-26(2)20(18)27)29-12-14-6-16(14)17-5-4-15(28-3)10-22-17/h4-5,7,9-11,14,16,21H,6,8,12H2,1-3H3. The van der Waals surface area contributed by atoms with Crippen molar-refractivity contribution in [1.82, 2.24) is 24.5 Å². The van der Waals surface area contributed by atoms with Crippen molar-refractivity contribution >= 4 is 5.69 Å². The van der Waals surface area contributed by atoms with Gasteiger partial charge in [-0.15, -0.1) is 5.10 Å². The molecule has 1 saturated carbocycles. The Morgan fingerprint density at radius 3 is 2.83 bits per heavy atom. The summed E-state index contributed by atoms with van der Waals surface area (Å²) in [6.45, 7) is 1.03. The Balaban J connectivity index is 1.36. The zero-order valence-corrected chi connectivity index (χ0v) is 16.7. The van der Waals surface area contributed by atoms with Crippen LogP contribution in [0.3, 0.4) is 0 Å². The molecule has 0 bridgehead atoms. The summed E-state index contributed by atoms with van der Waals surface area (Å²) in [6, 6.07) is 5.57. The summed E-state index contributed by atoms with van der Waals surface area (Å²) in [5.74, 6) is 1.95. The van der Waals surface area contributed by atoms with Crippen molar-refractivity contribution < 1.29 is 9.47 Å². The van der Waals surface area contributed by atoms with Crippen LogP contribution in [0.25, 0.3) is 0 Å². The van der Waals surface area contributed by atoms with Crippen molar-refractivity contribution in [2.45, 2.75) is 18.9 Å². The van der Waals surface area contributed by atoms with Gasteiger partial charge in [-0.25, -0.2) is 4.68 Å². The van der Waals surface area contributed by atoms with Gasteiger partial charge in [0.25, 0.3) is 5.56 Å². The Hall–Kier alpha value is -3.36. The number of aromatic nitrogens is 5. The first-order valence-corrected chi connectivity index (χ1v) is 9.46. The molecule has 3 aromatic heterocycles. The van der Waals surface area contributed by atoms with E-state index in [2.05, 4.69) is 20.5 Å². The zero-order valence-electron chi connectivity index (χ0n) is 16.7. The third-order valence-corrected chi connectivity index (χ3v) is 5.02. The Morgan fingerprint density at radius 1 is 1.28 bits per heavy atom. The van der Waals surface area contributed by atoms with E-state index in [9.17, 15) is 4.79 Å². The molecule has 9 nitrogen and oxygen atoms in total. The van der Waals surface area contributed by atoms with Gasteiger partial charge in [0.1, 0.15) is 11.4 Å². The SMILES string of the molecule is COc1ccc(C2CC2COc2cc(NCc3cnn(C)c3)c(=O)n(C)n2)nc1. The molecular weight excluding hydrogens is 372 g/mol. The molecule has 0 spiro atoms. The summed E-state index contributed by atoms with van der Waals surface area (Å²) in [6.07, 6.45) is 6.42. The lowest BCUT2D eigenvalue weighted by Gasteiger charge is -2.10. The first-order valence-electron chi connectivity index (χ1n) is 9.46. The van der Waals surface area contributed by atoms with Crippen LogP contribution in [0.4, 0.5) is 5.69 Å². The number of nitrogens with zero attached hydrogens (tertiary/aromatic N) is 5. The number of rotatable bonds is 8. The minimum atomic E-state index is -0.201. The number of aryl methyl sites for hydroxylation is 2. The smallest absolute Gasteiger partial charge is 0.290 e. The molecule has 9 heteroatoms. The van der Waals surface area contributed by atoms with Gasteiger partial charge in [-0.2, -0.15) is 5.10 Å². The predicted molar refractivity (Wildman–Crippen MR) is 107 cm³/mol. The molecule has 0 saturated heterocycles. The highest BCUT2D eigenvalue weighted by atomic mass is 16.5. The normalized spacial score (nSPS) is 17.8. The minimum Gasteiger partial charge on any atom is -0.495 e. The van der Waals surface area contributed by atoms with Crippen molar-refractivity contribution in [3.63, 3.8) is 0 Å². The van der Waals surface area contributed by atoms with Crippen LogP contribution in [-0.2, 0) is 20.6 Å². The fourth-order valence-electron chi connectivity index (χ4n) is 3.26. The summed E-state index contributed by atoms with van der Waals surface area (Å²) in [7, 11) is 5.10. The second kappa shape index (κ2) is 7.94. The molecule has 0 radical (unpaired) electrons. The second-order valence-corrected chi connectivity index (χ2v) is 7.24. The summed E-state index contributed by atoms with van der Waals surface area (Å²) in [5, 5.41) is 11.5. The van der Waals surface area contributed by atoms with Gasteiger partial charge in [-0.05, 0) is 18.6 Å². The van der Waals surface area contributed by atoms with Crippen LogP contribution in [-0.4, -0.2) is 38.3 Å². The van der Waals surface area contributed by atoms with Gasteiger partial charge in [0.2, 0.25) is 5.88 Å². The van der Waals surface area contributed by atoms with Gasteiger partial charge in [0.05, 0.1) is 26.1 Å². The highest BCUT2D eigenvalue weighted by Crippen LogP contribution is 2.46. The molecule has 3 heterocycles. The van der Waals surface area contributed by atoms with Crippen molar-refractivity contribution in [3.8, 4) is 11.6 Å². The molecule has 2 atom stereocenters. The Bertz CT molecular complexity index is 1040. The minimum absolute atomic E-state index is 0.201. The Labute approximate surface area is 168 Å². The summed E-state index contributed by atoms with van der Waals surface area (Å²) >= 11 is 0. The van der Waals surface area contributed by atoms with E-state index < -0.39 is 0 Å². The fraction of sp³-hybridized carbons (Fsp3) is 0.400. The number of nitrogens with one attached hydrogen (secondary N) is 1. The lowest BCUT2D eigenvalue weighted by Crippen LogP contribution is -2.24. The van der Waals surface area contributed by atoms with Gasteiger partial charge >= 0.3 is 0 Å². The molecule has 3 aromatic rings. The average Bonchev–Trinajstić information content (AvgIpc) is 3.39. The average molecular weight is 396 g/mol. The molecule has 4 rings (SSSR count). The third-order valence-electron chi connectivity index (χ3n) is 5.02. The number of methoxy groups -OCH3 is 1. The summed E-state index contributed by atoms with van der Waals surface area (Å²) < 4.78 is 14.0. The number of hydrogen-bond acceptors (Lipinski definition) is 7. The van der Waals surface area contributed by atoms with Gasteiger partial charge in [0, 0.05) is 56.0 Å². The fourth-order valence-corrected chi connectivity index (χ4v) is 3.26. The highest BCUT2D eigenvalue weighted by Gasteiger charge is 2.40. The molecule has 0 aromatic carbocycles. The van der Waals surface area contributed by atoms with Crippen LogP contribution < -0.4 is 20.3 Å². The monoisotopic (exact) mass is 396 g/mol. The zero-order chi connectivity index (χ0) is 20.4. The number of pyridine rings is 1. The van der Waals surface area contributed by atoms with Crippen molar-refractivity contribution in [1.29, 1.82) is 0 Å². The molecule has 1 aliphatic rings. The van der Waals surface area contributed by atoms with E-state index in [0.717, 1.165) is 23.4 Å². The van der Waals surface area contributed by atoms with Crippen molar-refractivity contribution in [2.24, 2.45) is 20.0 Å². The first-order chi connectivity index (χ1) is 14.0. The highest BCUT2D eigenvalue weighted by molar-refractivity contribution is 5.43. The maximum Gasteiger partial charge on any atom is 0.290 e. The Morgan fingerprint density at radius 2 is 2.14 bits per heavy atom. The Kier molecular flexibility index (Phi) is 5.20. The van der Waals surface area contributed by atoms with Crippen LogP contribution >= 0.6 is 0 Å². The molecule has 152 valence electrons. The maximum atomic E-state index is 12.3. The maximum absolute atomic E-state index is 12.3. The van der Waals surface area contributed by atoms with Crippen LogP contribution in [0.5, 0.6) is 11.6 Å². The molecule has 1 aliphatic carbocycles. The first kappa shape index (κ1) is 19.0. The van der Waals surface area contributed by atoms with Gasteiger partial charge in [0.15, 0.2) is 0 Å². The topological polar surface area (TPSA) is 96.1 Å². The molecule has 0 aliphatic heterocycles. The molecule has 29 heavy (non-hydrogen) atoms. The van der Waals surface area contributed by atoms with Crippen LogP contribution in [0.2, 0.25) is 0 Å². The molecule has 1 N–H and O–H groups in total. The number of anilines is 1. The quantitative estimate of drug-likeness (QED) is 0.619. The molecule has 0 amide bonds. The molecule has 1 fully saturated rings. The van der Waals surface area contributed by atoms with E-state index in [1.54, 1.807) is 37.3 Å². The number of hydrogen-bond donors (Lipinski definition) is 1. The van der Waals surface area contributed by atoms with E-state index in [4.69, 9.17) is 9.47 Å². The summed E-state index contributed by atoms with van der Waals surface area (Å²) in [5.41, 5.74) is 2.28. The third kappa shape index (κ3) is 4.39. The molecular formula is C20H24N6O3. The van der Waals surface area contributed by atoms with Crippen LogP contribution in [0.1, 0.15) is 23.6 Å². The van der Waals surface area contributed by atoms with Gasteiger partial charge in [-0.1, -0.05) is 0 Å². The van der Waals surface area contributed by atoms with Crippen LogP contribution in [0, 0.1) is 5.92 Å². The van der Waals surface area contributed by atoms with Crippen molar-refractivity contribution in [2.75, 3.05) is 19.0 Å².